The van der Waals surface area contributed by atoms with E-state index in [0.717, 1.165) is 0 Å². The van der Waals surface area contributed by atoms with Crippen LogP contribution in [0.15, 0.2) is 24.3 Å². The summed E-state index contributed by atoms with van der Waals surface area (Å²) in [5.74, 6) is 0. The first-order chi connectivity index (χ1) is 5.38. The molecule has 0 saturated heterocycles. The number of benzene rings is 1. The monoisotopic (exact) mass is 222 g/mol. The third-order valence-electron chi connectivity index (χ3n) is 2.19. The topological polar surface area (TPSA) is 3.24 Å². The van der Waals surface area contributed by atoms with Crippen LogP contribution in [0.3, 0.4) is 0 Å². The van der Waals surface area contributed by atoms with Gasteiger partial charge in [-0.25, -0.2) is 0 Å². The van der Waals surface area contributed by atoms with Gasteiger partial charge >= 0.3 is 83.8 Å². The molecule has 0 saturated carbocycles. The SMILES string of the molecule is C[N]1[Y][CH2]Cc2ccccc21. The molecular weight excluding hydrogens is 211 g/mol. The fourth-order valence-corrected chi connectivity index (χ4v) is 4.71. The van der Waals surface area contributed by atoms with Gasteiger partial charge in [-0.2, -0.15) is 0 Å². The Morgan fingerprint density at radius 2 is 2.18 bits per heavy atom. The molecule has 0 aromatic heterocycles. The van der Waals surface area contributed by atoms with E-state index in [2.05, 4.69) is 33.3 Å². The van der Waals surface area contributed by atoms with Crippen molar-refractivity contribution in [3.8, 4) is 0 Å². The Morgan fingerprint density at radius 3 is 3.00 bits per heavy atom. The Hall–Kier alpha value is 0.124. The zero-order valence-corrected chi connectivity index (χ0v) is 9.59. The van der Waals surface area contributed by atoms with Crippen molar-refractivity contribution in [3.63, 3.8) is 0 Å². The number of hydrogen-bond donors (Lipinski definition) is 0. The molecule has 11 heavy (non-hydrogen) atoms. The molecule has 0 bridgehead atoms. The Balaban J connectivity index is 2.44. The van der Waals surface area contributed by atoms with Gasteiger partial charge < -0.3 is 0 Å². The Bertz CT molecular complexity index is 259. The zero-order chi connectivity index (χ0) is 7.68. The molecule has 1 aromatic carbocycles. The fourth-order valence-electron chi connectivity index (χ4n) is 1.58. The van der Waals surface area contributed by atoms with E-state index in [9.17, 15) is 0 Å². The predicted molar refractivity (Wildman–Crippen MR) is 43.4 cm³/mol. The molecular formula is C9H11NY. The predicted octanol–water partition coefficient (Wildman–Crippen LogP) is 2.09. The van der Waals surface area contributed by atoms with E-state index >= 15 is 0 Å². The molecule has 2 rings (SSSR count). The summed E-state index contributed by atoms with van der Waals surface area (Å²) >= 11 is -0.365. The average molecular weight is 222 g/mol. The van der Waals surface area contributed by atoms with Gasteiger partial charge in [-0.1, -0.05) is 0 Å². The Labute approximate surface area is 83.3 Å². The van der Waals surface area contributed by atoms with E-state index in [0.29, 0.717) is 0 Å². The number of anilines is 1. The second kappa shape index (κ2) is 3.24. The maximum absolute atomic E-state index is 2.52. The Morgan fingerprint density at radius 1 is 1.36 bits per heavy atom. The van der Waals surface area contributed by atoms with Gasteiger partial charge in [0.2, 0.25) is 0 Å². The van der Waals surface area contributed by atoms with E-state index < -0.39 is 0 Å². The van der Waals surface area contributed by atoms with Crippen LogP contribution in [0, 0.1) is 0 Å². The summed E-state index contributed by atoms with van der Waals surface area (Å²) in [6, 6.07) is 8.79. The molecule has 1 nitrogen and oxygen atoms in total. The van der Waals surface area contributed by atoms with Crippen molar-refractivity contribution in [3.05, 3.63) is 29.8 Å². The van der Waals surface area contributed by atoms with Gasteiger partial charge in [-0.3, -0.25) is 0 Å². The van der Waals surface area contributed by atoms with Crippen LogP contribution < -0.4 is 2.03 Å². The summed E-state index contributed by atoms with van der Waals surface area (Å²) in [6.45, 7) is 0. The van der Waals surface area contributed by atoms with Crippen molar-refractivity contribution in [2.24, 2.45) is 0 Å². The summed E-state index contributed by atoms with van der Waals surface area (Å²) < 4.78 is 4.01. The molecule has 1 aliphatic rings. The summed E-state index contributed by atoms with van der Waals surface area (Å²) in [5, 5.41) is 0. The van der Waals surface area contributed by atoms with Crippen LogP contribution in [0.25, 0.3) is 0 Å². The zero-order valence-electron chi connectivity index (χ0n) is 6.75. The molecule has 0 aliphatic carbocycles. The maximum atomic E-state index is 2.52. The normalized spacial score (nSPS) is 14.8. The van der Waals surface area contributed by atoms with Crippen LogP contribution in [0.4, 0.5) is 5.69 Å². The molecule has 0 atom stereocenters. The van der Waals surface area contributed by atoms with Gasteiger partial charge in [0, 0.05) is 0 Å². The van der Waals surface area contributed by atoms with E-state index in [1.165, 1.54) is 15.3 Å². The molecule has 1 heterocycles. The van der Waals surface area contributed by atoms with Crippen molar-refractivity contribution in [2.45, 2.75) is 9.65 Å². The minimum atomic E-state index is -0.365. The molecule has 2 heteroatoms. The van der Waals surface area contributed by atoms with Crippen LogP contribution >= 0.6 is 0 Å². The molecule has 55 valence electrons. The van der Waals surface area contributed by atoms with Crippen molar-refractivity contribution < 1.29 is 29.5 Å². The van der Waals surface area contributed by atoms with Gasteiger partial charge in [-0.05, 0) is 0 Å². The first-order valence-electron chi connectivity index (χ1n) is 4.02. The van der Waals surface area contributed by atoms with Crippen molar-refractivity contribution >= 4 is 5.69 Å². The number of hydrogen-bond acceptors (Lipinski definition) is 1. The van der Waals surface area contributed by atoms with Gasteiger partial charge in [-0.15, -0.1) is 0 Å². The molecule has 1 aromatic rings. The van der Waals surface area contributed by atoms with Crippen LogP contribution in [-0.4, -0.2) is 7.05 Å². The van der Waals surface area contributed by atoms with E-state index in [4.69, 9.17) is 0 Å². The summed E-state index contributed by atoms with van der Waals surface area (Å²) in [6.07, 6.45) is 1.33. The van der Waals surface area contributed by atoms with Crippen molar-refractivity contribution in [2.75, 3.05) is 9.08 Å². The number of aryl methyl sites for hydroxylation is 1. The standard InChI is InChI=1S/C9H11N.Y/c1-3-8-6-4-5-7-9(8)10-2;/h4-7H,1,3H2,2H3;/q-1;+1. The third kappa shape index (κ3) is 1.50. The number of rotatable bonds is 0. The number of nitrogens with zero attached hydrogens (tertiary/aromatic N) is 1. The summed E-state index contributed by atoms with van der Waals surface area (Å²) in [4.78, 5) is 0. The van der Waals surface area contributed by atoms with Crippen LogP contribution in [-0.2, 0) is 36.0 Å². The van der Waals surface area contributed by atoms with Gasteiger partial charge in [0.15, 0.2) is 0 Å². The van der Waals surface area contributed by atoms with E-state index in [1.54, 1.807) is 5.56 Å². The fraction of sp³-hybridized carbons (Fsp3) is 0.333. The summed E-state index contributed by atoms with van der Waals surface area (Å²) in [5.41, 5.74) is 3.05. The first kappa shape index (κ1) is 7.76. The van der Waals surface area contributed by atoms with Crippen molar-refractivity contribution in [1.82, 2.24) is 0 Å². The van der Waals surface area contributed by atoms with Crippen LogP contribution in [0.5, 0.6) is 0 Å². The van der Waals surface area contributed by atoms with E-state index in [-0.39, 0.29) is 29.5 Å². The van der Waals surface area contributed by atoms with Crippen molar-refractivity contribution in [1.29, 1.82) is 0 Å². The summed E-state index contributed by atoms with van der Waals surface area (Å²) in [7, 11) is 2.25. The molecule has 0 fully saturated rings. The van der Waals surface area contributed by atoms with Gasteiger partial charge in [0.05, 0.1) is 0 Å². The number of para-hydroxylation sites is 1. The molecule has 0 N–H and O–H groups in total. The van der Waals surface area contributed by atoms with Crippen LogP contribution in [0.2, 0.25) is 3.23 Å². The number of fused-ring (bicyclic) bond motifs is 1. The third-order valence-corrected chi connectivity index (χ3v) is 5.56. The second-order valence-electron chi connectivity index (χ2n) is 2.96. The molecule has 0 amide bonds. The molecule has 0 spiro atoms. The van der Waals surface area contributed by atoms with Crippen LogP contribution in [0.1, 0.15) is 5.56 Å². The quantitative estimate of drug-likeness (QED) is 0.649. The minimum absolute atomic E-state index is 0.365. The molecule has 0 radical (unpaired) electrons. The molecule has 1 aliphatic heterocycles. The van der Waals surface area contributed by atoms with Gasteiger partial charge in [0.25, 0.3) is 0 Å². The molecule has 0 unspecified atom stereocenters. The van der Waals surface area contributed by atoms with E-state index in [1.807, 2.05) is 0 Å². The second-order valence-corrected chi connectivity index (χ2v) is 7.18. The Kier molecular flexibility index (Phi) is 2.29. The first-order valence-corrected chi connectivity index (χ1v) is 7.29. The van der Waals surface area contributed by atoms with Gasteiger partial charge in [0.1, 0.15) is 0 Å². The average Bonchev–Trinajstić information content (AvgIpc) is 2.06.